The lowest BCUT2D eigenvalue weighted by Gasteiger charge is -2.29. The van der Waals surface area contributed by atoms with Gasteiger partial charge in [0, 0.05) is 29.9 Å². The molecule has 0 atom stereocenters. The molecule has 4 rings (SSSR count). The monoisotopic (exact) mass is 414 g/mol. The second-order valence-corrected chi connectivity index (χ2v) is 7.95. The van der Waals surface area contributed by atoms with Gasteiger partial charge in [0.25, 0.3) is 11.8 Å². The molecule has 2 amide bonds. The second-order valence-electron chi connectivity index (χ2n) is 7.95. The number of carbonyl (C=O) groups excluding carboxylic acids is 2. The van der Waals surface area contributed by atoms with E-state index in [0.29, 0.717) is 30.8 Å². The van der Waals surface area contributed by atoms with Crippen LogP contribution in [0.25, 0.3) is 0 Å². The molecule has 0 spiro atoms. The van der Waals surface area contributed by atoms with Crippen LogP contribution in [-0.4, -0.2) is 29.9 Å². The van der Waals surface area contributed by atoms with Crippen LogP contribution in [0.4, 0.5) is 5.69 Å². The third-order valence-corrected chi connectivity index (χ3v) is 5.43. The summed E-state index contributed by atoms with van der Waals surface area (Å²) in [5.74, 6) is 0.363. The first kappa shape index (κ1) is 20.7. The van der Waals surface area contributed by atoms with Gasteiger partial charge in [-0.2, -0.15) is 0 Å². The minimum absolute atomic E-state index is 0.00249. The van der Waals surface area contributed by atoms with Crippen LogP contribution in [0.5, 0.6) is 5.75 Å². The predicted molar refractivity (Wildman–Crippen MR) is 121 cm³/mol. The first-order valence-electron chi connectivity index (χ1n) is 10.5. The summed E-state index contributed by atoms with van der Waals surface area (Å²) in [5.41, 5.74) is 5.69. The fourth-order valence-corrected chi connectivity index (χ4v) is 3.84. The van der Waals surface area contributed by atoms with Gasteiger partial charge in [0.2, 0.25) is 0 Å². The van der Waals surface area contributed by atoms with Gasteiger partial charge in [0.1, 0.15) is 5.75 Å². The molecule has 0 saturated heterocycles. The second kappa shape index (κ2) is 9.04. The normalized spacial score (nSPS) is 13.0. The smallest absolute Gasteiger partial charge is 0.262 e. The van der Waals surface area contributed by atoms with E-state index in [1.54, 1.807) is 6.07 Å². The van der Waals surface area contributed by atoms with Crippen LogP contribution in [0.15, 0.2) is 66.7 Å². The lowest BCUT2D eigenvalue weighted by Crippen LogP contribution is -2.37. The van der Waals surface area contributed by atoms with E-state index in [9.17, 15) is 9.59 Å². The molecule has 3 aromatic carbocycles. The van der Waals surface area contributed by atoms with Crippen molar-refractivity contribution in [2.24, 2.45) is 0 Å². The van der Waals surface area contributed by atoms with Gasteiger partial charge in [-0.3, -0.25) is 9.59 Å². The zero-order valence-electron chi connectivity index (χ0n) is 17.9. The molecule has 3 aromatic rings. The Hall–Kier alpha value is -3.60. The maximum Gasteiger partial charge on any atom is 0.262 e. The van der Waals surface area contributed by atoms with E-state index in [1.807, 2.05) is 60.4 Å². The highest BCUT2D eigenvalue weighted by atomic mass is 16.5. The summed E-state index contributed by atoms with van der Waals surface area (Å²) in [6.07, 6.45) is 0.697. The molecule has 1 N–H and O–H groups in total. The largest absolute Gasteiger partial charge is 0.483 e. The number of aryl methyl sites for hydroxylation is 2. The fraction of sp³-hybridized carbons (Fsp3) is 0.231. The zero-order chi connectivity index (χ0) is 21.8. The first-order chi connectivity index (χ1) is 15.0. The SMILES string of the molecule is Cc1ccc(NC(=O)COc2cccc3c2CCN(Cc2cccc(C)c2)C3=O)cc1. The third-order valence-electron chi connectivity index (χ3n) is 5.43. The minimum atomic E-state index is -0.232. The molecule has 5 nitrogen and oxygen atoms in total. The van der Waals surface area contributed by atoms with E-state index < -0.39 is 0 Å². The van der Waals surface area contributed by atoms with E-state index in [2.05, 4.69) is 24.4 Å². The number of carbonyl (C=O) groups is 2. The predicted octanol–water partition coefficient (Wildman–Crippen LogP) is 4.52. The number of nitrogens with zero attached hydrogens (tertiary/aromatic N) is 1. The summed E-state index contributed by atoms with van der Waals surface area (Å²) in [6.45, 7) is 5.15. The number of anilines is 1. The van der Waals surface area contributed by atoms with Gasteiger partial charge in [-0.1, -0.05) is 53.6 Å². The van der Waals surface area contributed by atoms with Crippen LogP contribution in [0, 0.1) is 13.8 Å². The standard InChI is InChI=1S/C26H26N2O3/c1-18-9-11-21(12-10-18)27-25(29)17-31-24-8-4-7-23-22(24)13-14-28(26(23)30)16-20-6-3-5-19(2)15-20/h3-12,15H,13-14,16-17H2,1-2H3,(H,27,29). The molecule has 5 heteroatoms. The van der Waals surface area contributed by atoms with Crippen LogP contribution in [0.3, 0.4) is 0 Å². The average Bonchev–Trinajstić information content (AvgIpc) is 2.76. The molecule has 158 valence electrons. The van der Waals surface area contributed by atoms with Crippen molar-refractivity contribution in [2.45, 2.75) is 26.8 Å². The quantitative estimate of drug-likeness (QED) is 0.645. The molecule has 1 aliphatic heterocycles. The van der Waals surface area contributed by atoms with E-state index in [-0.39, 0.29) is 18.4 Å². The number of ether oxygens (including phenoxy) is 1. The van der Waals surface area contributed by atoms with Gasteiger partial charge < -0.3 is 15.0 Å². The van der Waals surface area contributed by atoms with Crippen molar-refractivity contribution in [1.29, 1.82) is 0 Å². The lowest BCUT2D eigenvalue weighted by molar-refractivity contribution is -0.118. The number of benzene rings is 3. The van der Waals surface area contributed by atoms with Gasteiger partial charge in [-0.15, -0.1) is 0 Å². The number of amides is 2. The summed E-state index contributed by atoms with van der Waals surface area (Å²) >= 11 is 0. The van der Waals surface area contributed by atoms with Crippen LogP contribution < -0.4 is 10.1 Å². The summed E-state index contributed by atoms with van der Waals surface area (Å²) in [6, 6.07) is 21.3. The van der Waals surface area contributed by atoms with Crippen LogP contribution in [-0.2, 0) is 17.8 Å². The van der Waals surface area contributed by atoms with Crippen LogP contribution >= 0.6 is 0 Å². The average molecular weight is 415 g/mol. The Balaban J connectivity index is 1.41. The van der Waals surface area contributed by atoms with Gasteiger partial charge >= 0.3 is 0 Å². The van der Waals surface area contributed by atoms with E-state index in [1.165, 1.54) is 5.56 Å². The molecule has 1 aliphatic rings. The molecule has 0 radical (unpaired) electrons. The lowest BCUT2D eigenvalue weighted by atomic mass is 9.97. The van der Waals surface area contributed by atoms with Gasteiger partial charge in [-0.05, 0) is 50.1 Å². The number of hydrogen-bond donors (Lipinski definition) is 1. The molecule has 31 heavy (non-hydrogen) atoms. The number of nitrogens with one attached hydrogen (secondary N) is 1. The summed E-state index contributed by atoms with van der Waals surface area (Å²) in [5, 5.41) is 2.83. The summed E-state index contributed by atoms with van der Waals surface area (Å²) in [7, 11) is 0. The Morgan fingerprint density at radius 2 is 1.77 bits per heavy atom. The van der Waals surface area contributed by atoms with Crippen molar-refractivity contribution < 1.29 is 14.3 Å². The molecule has 0 fully saturated rings. The number of fused-ring (bicyclic) bond motifs is 1. The molecular weight excluding hydrogens is 388 g/mol. The maximum atomic E-state index is 13.1. The summed E-state index contributed by atoms with van der Waals surface area (Å²) < 4.78 is 5.80. The Labute approximate surface area is 182 Å². The molecule has 0 aromatic heterocycles. The van der Waals surface area contributed by atoms with Gasteiger partial charge in [0.15, 0.2) is 6.61 Å². The van der Waals surface area contributed by atoms with Crippen molar-refractivity contribution in [3.05, 3.63) is 94.5 Å². The van der Waals surface area contributed by atoms with Gasteiger partial charge in [0.05, 0.1) is 0 Å². The van der Waals surface area contributed by atoms with Gasteiger partial charge in [-0.25, -0.2) is 0 Å². The van der Waals surface area contributed by atoms with E-state index in [4.69, 9.17) is 4.74 Å². The topological polar surface area (TPSA) is 58.6 Å². The minimum Gasteiger partial charge on any atom is -0.483 e. The van der Waals surface area contributed by atoms with Crippen molar-refractivity contribution in [3.63, 3.8) is 0 Å². The Kier molecular flexibility index (Phi) is 6.03. The number of rotatable bonds is 6. The molecule has 0 unspecified atom stereocenters. The highest BCUT2D eigenvalue weighted by Crippen LogP contribution is 2.29. The molecule has 1 heterocycles. The van der Waals surface area contributed by atoms with Crippen LogP contribution in [0.2, 0.25) is 0 Å². The maximum absolute atomic E-state index is 13.1. The molecular formula is C26H26N2O3. The van der Waals surface area contributed by atoms with Crippen molar-refractivity contribution in [2.75, 3.05) is 18.5 Å². The van der Waals surface area contributed by atoms with E-state index in [0.717, 1.165) is 22.4 Å². The highest BCUT2D eigenvalue weighted by molar-refractivity contribution is 5.97. The third kappa shape index (κ3) is 4.94. The Morgan fingerprint density at radius 1 is 1.00 bits per heavy atom. The highest BCUT2D eigenvalue weighted by Gasteiger charge is 2.26. The first-order valence-corrected chi connectivity index (χ1v) is 10.5. The van der Waals surface area contributed by atoms with E-state index >= 15 is 0 Å². The van der Waals surface area contributed by atoms with Crippen molar-refractivity contribution >= 4 is 17.5 Å². The number of hydrogen-bond acceptors (Lipinski definition) is 3. The van der Waals surface area contributed by atoms with Crippen molar-refractivity contribution in [3.8, 4) is 5.75 Å². The molecule has 0 saturated carbocycles. The fourth-order valence-electron chi connectivity index (χ4n) is 3.84. The summed E-state index contributed by atoms with van der Waals surface area (Å²) in [4.78, 5) is 27.2. The zero-order valence-corrected chi connectivity index (χ0v) is 17.9. The van der Waals surface area contributed by atoms with Crippen molar-refractivity contribution in [1.82, 2.24) is 4.90 Å². The van der Waals surface area contributed by atoms with Crippen LogP contribution in [0.1, 0.15) is 32.6 Å². The molecule has 0 bridgehead atoms. The Bertz CT molecular complexity index is 1110. The Morgan fingerprint density at radius 3 is 2.55 bits per heavy atom. The molecule has 0 aliphatic carbocycles.